The van der Waals surface area contributed by atoms with Gasteiger partial charge < -0.3 is 9.47 Å². The van der Waals surface area contributed by atoms with E-state index >= 15 is 0 Å². The van der Waals surface area contributed by atoms with Crippen molar-refractivity contribution in [3.05, 3.63) is 58.1 Å². The minimum atomic E-state index is -0.611. The molecular formula is C16H15NO5S. The Balaban J connectivity index is 2.05. The zero-order chi connectivity index (χ0) is 16.8. The number of hydrogen-bond acceptors (Lipinski definition) is 6. The lowest BCUT2D eigenvalue weighted by atomic mass is 10.2. The molecule has 0 atom stereocenters. The normalized spacial score (nSPS) is 10.2. The van der Waals surface area contributed by atoms with Crippen molar-refractivity contribution in [1.82, 2.24) is 0 Å². The third kappa shape index (κ3) is 4.46. The number of ether oxygens (including phenoxy) is 2. The van der Waals surface area contributed by atoms with Gasteiger partial charge in [-0.1, -0.05) is 18.2 Å². The fourth-order valence-corrected chi connectivity index (χ4v) is 2.66. The van der Waals surface area contributed by atoms with E-state index in [2.05, 4.69) is 0 Å². The van der Waals surface area contributed by atoms with Crippen LogP contribution in [0, 0.1) is 17.0 Å². The summed E-state index contributed by atoms with van der Waals surface area (Å²) in [6.45, 7) is 1.95. The molecule has 23 heavy (non-hydrogen) atoms. The lowest BCUT2D eigenvalue weighted by molar-refractivity contribution is -0.385. The number of nitro benzene ring substituents is 1. The van der Waals surface area contributed by atoms with Crippen LogP contribution in [-0.4, -0.2) is 23.8 Å². The summed E-state index contributed by atoms with van der Waals surface area (Å²) >= 11 is 1.33. The molecule has 0 bridgehead atoms. The summed E-state index contributed by atoms with van der Waals surface area (Å²) in [5, 5.41) is 11.0. The van der Waals surface area contributed by atoms with Crippen LogP contribution in [-0.2, 0) is 4.79 Å². The Morgan fingerprint density at radius 3 is 2.65 bits per heavy atom. The van der Waals surface area contributed by atoms with Crippen molar-refractivity contribution >= 4 is 23.4 Å². The molecule has 0 heterocycles. The molecule has 0 unspecified atom stereocenters. The fraction of sp³-hybridized carbons (Fsp3) is 0.188. The molecule has 0 aliphatic heterocycles. The van der Waals surface area contributed by atoms with Crippen LogP contribution in [0.2, 0.25) is 0 Å². The van der Waals surface area contributed by atoms with Crippen LogP contribution in [0.1, 0.15) is 5.56 Å². The van der Waals surface area contributed by atoms with Gasteiger partial charge in [-0.25, -0.2) is 0 Å². The van der Waals surface area contributed by atoms with Crippen molar-refractivity contribution in [2.24, 2.45) is 0 Å². The molecule has 0 aromatic heterocycles. The second-order valence-electron chi connectivity index (χ2n) is 4.62. The van der Waals surface area contributed by atoms with Gasteiger partial charge in [-0.05, 0) is 30.7 Å². The molecule has 0 spiro atoms. The number of esters is 1. The van der Waals surface area contributed by atoms with Crippen molar-refractivity contribution in [3.63, 3.8) is 0 Å². The van der Waals surface area contributed by atoms with E-state index < -0.39 is 10.9 Å². The molecule has 0 N–H and O–H groups in total. The van der Waals surface area contributed by atoms with E-state index in [-0.39, 0.29) is 17.2 Å². The highest BCUT2D eigenvalue weighted by Crippen LogP contribution is 2.31. The third-order valence-electron chi connectivity index (χ3n) is 3.03. The first-order chi connectivity index (χ1) is 11.0. The van der Waals surface area contributed by atoms with Crippen LogP contribution in [0.3, 0.4) is 0 Å². The Morgan fingerprint density at radius 1 is 1.26 bits per heavy atom. The highest BCUT2D eigenvalue weighted by molar-refractivity contribution is 8.00. The van der Waals surface area contributed by atoms with Crippen molar-refractivity contribution in [1.29, 1.82) is 0 Å². The van der Waals surface area contributed by atoms with Crippen molar-refractivity contribution in [3.8, 4) is 11.5 Å². The van der Waals surface area contributed by atoms with Crippen LogP contribution < -0.4 is 9.47 Å². The number of thioether (sulfide) groups is 1. The molecule has 7 heteroatoms. The lowest BCUT2D eigenvalue weighted by Gasteiger charge is -2.07. The topological polar surface area (TPSA) is 78.7 Å². The van der Waals surface area contributed by atoms with Gasteiger partial charge in [0.2, 0.25) is 5.75 Å². The zero-order valence-electron chi connectivity index (χ0n) is 12.6. The number of hydrogen-bond donors (Lipinski definition) is 0. The predicted octanol–water partition coefficient (Wildman–Crippen LogP) is 3.61. The van der Waals surface area contributed by atoms with Crippen molar-refractivity contribution < 1.29 is 19.2 Å². The molecule has 2 aromatic carbocycles. The maximum atomic E-state index is 11.9. The molecule has 2 rings (SSSR count). The van der Waals surface area contributed by atoms with E-state index in [0.717, 1.165) is 10.5 Å². The van der Waals surface area contributed by atoms with E-state index in [9.17, 15) is 14.9 Å². The molecule has 2 aromatic rings. The number of carbonyl (C=O) groups is 1. The SMILES string of the molecule is COc1ccc(OC(=O)CSc2ccccc2C)c([N+](=O)[O-])c1. The molecule has 0 aliphatic rings. The maximum Gasteiger partial charge on any atom is 0.321 e. The highest BCUT2D eigenvalue weighted by atomic mass is 32.2. The average Bonchev–Trinajstić information content (AvgIpc) is 2.54. The Hall–Kier alpha value is -2.54. The van der Waals surface area contributed by atoms with E-state index in [0.29, 0.717) is 5.75 Å². The largest absolute Gasteiger partial charge is 0.496 e. The van der Waals surface area contributed by atoms with Crippen molar-refractivity contribution in [2.45, 2.75) is 11.8 Å². The summed E-state index contributed by atoms with van der Waals surface area (Å²) in [7, 11) is 1.41. The Kier molecular flexibility index (Phi) is 5.59. The summed E-state index contributed by atoms with van der Waals surface area (Å²) in [5.41, 5.74) is 0.749. The van der Waals surface area contributed by atoms with Gasteiger partial charge in [0.25, 0.3) is 0 Å². The number of benzene rings is 2. The smallest absolute Gasteiger partial charge is 0.321 e. The average molecular weight is 333 g/mol. The van der Waals surface area contributed by atoms with Gasteiger partial charge >= 0.3 is 11.7 Å². The fourth-order valence-electron chi connectivity index (χ4n) is 1.86. The molecule has 0 saturated carbocycles. The van der Waals surface area contributed by atoms with Gasteiger partial charge in [0.15, 0.2) is 0 Å². The number of nitrogens with zero attached hydrogens (tertiary/aromatic N) is 1. The molecule has 120 valence electrons. The molecule has 0 aliphatic carbocycles. The summed E-state index contributed by atoms with van der Waals surface area (Å²) in [5.74, 6) is -0.253. The second-order valence-corrected chi connectivity index (χ2v) is 5.64. The number of nitro groups is 1. The van der Waals surface area contributed by atoms with Crippen molar-refractivity contribution in [2.75, 3.05) is 12.9 Å². The first-order valence-electron chi connectivity index (χ1n) is 6.73. The number of carbonyl (C=O) groups excluding carboxylic acids is 1. The van der Waals surface area contributed by atoms with Crippen LogP contribution in [0.4, 0.5) is 5.69 Å². The number of rotatable bonds is 6. The van der Waals surface area contributed by atoms with Gasteiger partial charge in [0.1, 0.15) is 5.75 Å². The maximum absolute atomic E-state index is 11.9. The van der Waals surface area contributed by atoms with Crippen LogP contribution in [0.25, 0.3) is 0 Å². The van der Waals surface area contributed by atoms with Crippen LogP contribution >= 0.6 is 11.8 Å². The Morgan fingerprint density at radius 2 is 2.00 bits per heavy atom. The first-order valence-corrected chi connectivity index (χ1v) is 7.71. The van der Waals surface area contributed by atoms with Gasteiger partial charge in [-0.15, -0.1) is 11.8 Å². The summed E-state index contributed by atoms with van der Waals surface area (Å²) < 4.78 is 10.0. The van der Waals surface area contributed by atoms with E-state index in [1.54, 1.807) is 0 Å². The summed E-state index contributed by atoms with van der Waals surface area (Å²) in [4.78, 5) is 23.3. The first kappa shape index (κ1) is 16.8. The zero-order valence-corrected chi connectivity index (χ0v) is 13.5. The predicted molar refractivity (Wildman–Crippen MR) is 87.2 cm³/mol. The third-order valence-corrected chi connectivity index (χ3v) is 4.17. The van der Waals surface area contributed by atoms with Gasteiger partial charge in [-0.2, -0.15) is 0 Å². The van der Waals surface area contributed by atoms with Gasteiger partial charge in [0, 0.05) is 4.90 Å². The minimum Gasteiger partial charge on any atom is -0.496 e. The van der Waals surface area contributed by atoms with E-state index in [4.69, 9.17) is 9.47 Å². The number of methoxy groups -OCH3 is 1. The molecule has 0 radical (unpaired) electrons. The van der Waals surface area contributed by atoms with Gasteiger partial charge in [-0.3, -0.25) is 14.9 Å². The van der Waals surface area contributed by atoms with Gasteiger partial charge in [0.05, 0.1) is 23.9 Å². The molecule has 0 fully saturated rings. The molecule has 0 saturated heterocycles. The minimum absolute atomic E-state index is 0.0635. The standard InChI is InChI=1S/C16H15NO5S/c1-11-5-3-4-6-15(11)23-10-16(18)22-14-8-7-12(21-2)9-13(14)17(19)20/h3-9H,10H2,1-2H3. The molecular weight excluding hydrogens is 318 g/mol. The monoisotopic (exact) mass is 333 g/mol. The lowest BCUT2D eigenvalue weighted by Crippen LogP contribution is -2.12. The number of aryl methyl sites for hydroxylation is 1. The molecule has 0 amide bonds. The van der Waals surface area contributed by atoms with Crippen LogP contribution in [0.5, 0.6) is 11.5 Å². The Labute approximate surface area is 137 Å². The Bertz CT molecular complexity index is 732. The van der Waals surface area contributed by atoms with E-state index in [1.165, 1.54) is 37.1 Å². The molecule has 6 nitrogen and oxygen atoms in total. The highest BCUT2D eigenvalue weighted by Gasteiger charge is 2.19. The quantitative estimate of drug-likeness (QED) is 0.264. The van der Waals surface area contributed by atoms with E-state index in [1.807, 2.05) is 31.2 Å². The van der Waals surface area contributed by atoms with Crippen LogP contribution in [0.15, 0.2) is 47.4 Å². The summed E-state index contributed by atoms with van der Waals surface area (Å²) in [6.07, 6.45) is 0. The second kappa shape index (κ2) is 7.64. The summed E-state index contributed by atoms with van der Waals surface area (Å²) in [6, 6.07) is 11.7.